The molecule has 1 aromatic rings. The Hall–Kier alpha value is -1.25. The first-order valence-electron chi connectivity index (χ1n) is 3.15. The quantitative estimate of drug-likeness (QED) is 0.329. The van der Waals surface area contributed by atoms with Gasteiger partial charge in [-0.1, -0.05) is 11.6 Å². The average Bonchev–Trinajstić information content (AvgIpc) is 2.08. The van der Waals surface area contributed by atoms with Gasteiger partial charge in [0, 0.05) is 17.0 Å². The molecule has 0 amide bonds. The zero-order valence-corrected chi connectivity index (χ0v) is 7.80. The highest BCUT2D eigenvalue weighted by Gasteiger charge is 2.09. The maximum absolute atomic E-state index is 10.3. The van der Waals surface area contributed by atoms with Crippen LogP contribution in [0.25, 0.3) is 0 Å². The summed E-state index contributed by atoms with van der Waals surface area (Å²) in [6, 6.07) is 3.99. The molecule has 0 aliphatic heterocycles. The minimum atomic E-state index is -0.535. The van der Waals surface area contributed by atoms with Gasteiger partial charge in [-0.05, 0) is 17.8 Å². The molecule has 0 fully saturated rings. The smallest absolute Gasteiger partial charge is 0.258 e. The first kappa shape index (κ1) is 9.84. The standard InChI is InChI=1S/C7H3ClN2O2S/c8-6-3-5(10(11)12)1-2-7(6)13-4-9/h1-3H. The summed E-state index contributed by atoms with van der Waals surface area (Å²) in [6.07, 6.45) is 0. The molecule has 13 heavy (non-hydrogen) atoms. The van der Waals surface area contributed by atoms with Gasteiger partial charge in [-0.2, -0.15) is 5.26 Å². The van der Waals surface area contributed by atoms with Crippen molar-refractivity contribution < 1.29 is 4.92 Å². The molecule has 0 aliphatic carbocycles. The summed E-state index contributed by atoms with van der Waals surface area (Å²) in [5, 5.41) is 20.7. The van der Waals surface area contributed by atoms with Crippen LogP contribution >= 0.6 is 23.4 Å². The van der Waals surface area contributed by atoms with Crippen LogP contribution in [0.1, 0.15) is 0 Å². The van der Waals surface area contributed by atoms with Crippen LogP contribution in [0.15, 0.2) is 23.1 Å². The van der Waals surface area contributed by atoms with Gasteiger partial charge in [-0.25, -0.2) is 0 Å². The first-order chi connectivity index (χ1) is 6.15. The van der Waals surface area contributed by atoms with Crippen molar-refractivity contribution in [3.63, 3.8) is 0 Å². The minimum absolute atomic E-state index is 0.0766. The van der Waals surface area contributed by atoms with Crippen LogP contribution in [0.3, 0.4) is 0 Å². The molecule has 4 nitrogen and oxygen atoms in total. The zero-order valence-electron chi connectivity index (χ0n) is 6.23. The number of halogens is 1. The van der Waals surface area contributed by atoms with Crippen molar-refractivity contribution in [1.29, 1.82) is 5.26 Å². The number of thioether (sulfide) groups is 1. The van der Waals surface area contributed by atoms with E-state index in [4.69, 9.17) is 16.9 Å². The van der Waals surface area contributed by atoms with E-state index in [0.717, 1.165) is 11.8 Å². The van der Waals surface area contributed by atoms with Crippen LogP contribution in [-0.4, -0.2) is 4.92 Å². The molecule has 66 valence electrons. The summed E-state index contributed by atoms with van der Waals surface area (Å²) in [7, 11) is 0. The maximum atomic E-state index is 10.3. The van der Waals surface area contributed by atoms with Gasteiger partial charge >= 0.3 is 0 Å². The minimum Gasteiger partial charge on any atom is -0.258 e. The average molecular weight is 215 g/mol. The van der Waals surface area contributed by atoms with Gasteiger partial charge in [0.25, 0.3) is 5.69 Å². The Morgan fingerprint density at radius 2 is 2.31 bits per heavy atom. The van der Waals surface area contributed by atoms with E-state index >= 15 is 0 Å². The molecular weight excluding hydrogens is 212 g/mol. The summed E-state index contributed by atoms with van der Waals surface area (Å²) in [5.41, 5.74) is -0.0766. The largest absolute Gasteiger partial charge is 0.270 e. The number of benzene rings is 1. The second-order valence-corrected chi connectivity index (χ2v) is 3.30. The molecule has 0 aromatic heterocycles. The molecule has 0 N–H and O–H groups in total. The molecular formula is C7H3ClN2O2S. The van der Waals surface area contributed by atoms with Crippen molar-refractivity contribution in [2.75, 3.05) is 0 Å². The van der Waals surface area contributed by atoms with E-state index in [2.05, 4.69) is 0 Å². The Bertz CT molecular complexity index is 389. The number of non-ortho nitro benzene ring substituents is 1. The van der Waals surface area contributed by atoms with Crippen LogP contribution in [0.2, 0.25) is 5.02 Å². The molecule has 0 bridgehead atoms. The Labute approximate surface area is 83.3 Å². The summed E-state index contributed by atoms with van der Waals surface area (Å²) in [5.74, 6) is 0. The van der Waals surface area contributed by atoms with Crippen LogP contribution in [0.5, 0.6) is 0 Å². The Morgan fingerprint density at radius 3 is 2.77 bits per heavy atom. The van der Waals surface area contributed by atoms with Crippen molar-refractivity contribution in [1.82, 2.24) is 0 Å². The predicted molar refractivity (Wildman–Crippen MR) is 49.6 cm³/mol. The number of hydrogen-bond donors (Lipinski definition) is 0. The van der Waals surface area contributed by atoms with Gasteiger partial charge in [0.15, 0.2) is 0 Å². The molecule has 0 heterocycles. The van der Waals surface area contributed by atoms with Crippen LogP contribution in [0.4, 0.5) is 5.69 Å². The van der Waals surface area contributed by atoms with E-state index < -0.39 is 4.92 Å². The van der Waals surface area contributed by atoms with Crippen molar-refractivity contribution in [3.05, 3.63) is 33.3 Å². The van der Waals surface area contributed by atoms with E-state index in [-0.39, 0.29) is 10.7 Å². The lowest BCUT2D eigenvalue weighted by Gasteiger charge is -1.96. The van der Waals surface area contributed by atoms with Gasteiger partial charge in [0.2, 0.25) is 0 Å². The van der Waals surface area contributed by atoms with Crippen molar-refractivity contribution in [2.45, 2.75) is 4.90 Å². The van der Waals surface area contributed by atoms with Crippen molar-refractivity contribution in [2.24, 2.45) is 0 Å². The predicted octanol–water partition coefficient (Wildman–Crippen LogP) is 2.82. The molecule has 0 atom stereocenters. The highest BCUT2D eigenvalue weighted by molar-refractivity contribution is 8.03. The lowest BCUT2D eigenvalue weighted by molar-refractivity contribution is -0.384. The molecule has 1 rings (SSSR count). The van der Waals surface area contributed by atoms with Gasteiger partial charge in [-0.15, -0.1) is 0 Å². The highest BCUT2D eigenvalue weighted by Crippen LogP contribution is 2.29. The van der Waals surface area contributed by atoms with E-state index in [0.29, 0.717) is 4.90 Å². The molecule has 0 spiro atoms. The normalized spacial score (nSPS) is 9.23. The fourth-order valence-corrected chi connectivity index (χ4v) is 1.42. The molecule has 0 saturated heterocycles. The Morgan fingerprint density at radius 1 is 1.62 bits per heavy atom. The zero-order chi connectivity index (χ0) is 9.84. The summed E-state index contributed by atoms with van der Waals surface area (Å²) >= 11 is 6.55. The molecule has 0 radical (unpaired) electrons. The number of thiocyanates is 1. The number of nitro groups is 1. The van der Waals surface area contributed by atoms with E-state index in [1.54, 1.807) is 0 Å². The third kappa shape index (κ3) is 2.34. The van der Waals surface area contributed by atoms with Crippen LogP contribution < -0.4 is 0 Å². The van der Waals surface area contributed by atoms with Gasteiger partial charge in [-0.3, -0.25) is 10.1 Å². The summed E-state index contributed by atoms with van der Waals surface area (Å²) in [6.45, 7) is 0. The van der Waals surface area contributed by atoms with Crippen LogP contribution in [0, 0.1) is 20.8 Å². The van der Waals surface area contributed by atoms with Gasteiger partial charge in [0.1, 0.15) is 5.40 Å². The first-order valence-corrected chi connectivity index (χ1v) is 4.34. The summed E-state index contributed by atoms with van der Waals surface area (Å²) in [4.78, 5) is 10.3. The fraction of sp³-hybridized carbons (Fsp3) is 0. The molecule has 1 aromatic carbocycles. The SMILES string of the molecule is N#CSc1ccc([N+](=O)[O-])cc1Cl. The van der Waals surface area contributed by atoms with E-state index in [9.17, 15) is 10.1 Å². The molecule has 0 saturated carbocycles. The molecule has 6 heteroatoms. The Balaban J connectivity index is 3.07. The molecule has 0 aliphatic rings. The third-order valence-corrected chi connectivity index (χ3v) is 2.37. The number of nitro benzene ring substituents is 1. The Kier molecular flexibility index (Phi) is 3.12. The maximum Gasteiger partial charge on any atom is 0.270 e. The van der Waals surface area contributed by atoms with Crippen LogP contribution in [-0.2, 0) is 0 Å². The number of rotatable bonds is 2. The topological polar surface area (TPSA) is 66.9 Å². The molecule has 0 unspecified atom stereocenters. The number of nitriles is 1. The second kappa shape index (κ2) is 4.12. The lowest BCUT2D eigenvalue weighted by Crippen LogP contribution is -1.87. The van der Waals surface area contributed by atoms with E-state index in [1.165, 1.54) is 18.2 Å². The van der Waals surface area contributed by atoms with Crippen molar-refractivity contribution in [3.8, 4) is 5.40 Å². The van der Waals surface area contributed by atoms with Gasteiger partial charge in [0.05, 0.1) is 9.95 Å². The van der Waals surface area contributed by atoms with E-state index in [1.807, 2.05) is 5.40 Å². The number of nitrogens with zero attached hydrogens (tertiary/aromatic N) is 2. The van der Waals surface area contributed by atoms with Gasteiger partial charge < -0.3 is 0 Å². The monoisotopic (exact) mass is 214 g/mol. The second-order valence-electron chi connectivity index (χ2n) is 2.07. The summed E-state index contributed by atoms with van der Waals surface area (Å²) < 4.78 is 0. The number of hydrogen-bond acceptors (Lipinski definition) is 4. The highest BCUT2D eigenvalue weighted by atomic mass is 35.5. The lowest BCUT2D eigenvalue weighted by atomic mass is 10.3. The third-order valence-electron chi connectivity index (χ3n) is 1.28. The fourth-order valence-electron chi connectivity index (χ4n) is 0.735. The van der Waals surface area contributed by atoms with Crippen molar-refractivity contribution >= 4 is 29.1 Å².